The summed E-state index contributed by atoms with van der Waals surface area (Å²) in [6.07, 6.45) is 1.63. The van der Waals surface area contributed by atoms with E-state index in [1.54, 1.807) is 11.8 Å². The molecule has 4 nitrogen and oxygen atoms in total. The first-order valence-corrected chi connectivity index (χ1v) is 5.15. The Balaban J connectivity index is 2.56. The van der Waals surface area contributed by atoms with E-state index >= 15 is 0 Å². The molecule has 5 heteroatoms. The van der Waals surface area contributed by atoms with Crippen molar-refractivity contribution in [3.05, 3.63) is 17.0 Å². The number of nitrogen functional groups attached to an aromatic ring is 1. The molecule has 1 aliphatic heterocycles. The number of nitrogens with zero attached hydrogens (tertiary/aromatic N) is 2. The van der Waals surface area contributed by atoms with E-state index in [1.165, 1.54) is 0 Å². The van der Waals surface area contributed by atoms with Crippen molar-refractivity contribution >= 4 is 24.0 Å². The zero-order chi connectivity index (χ0) is 9.26. The molecule has 0 fully saturated rings. The molecule has 0 saturated heterocycles. The zero-order valence-electron chi connectivity index (χ0n) is 6.99. The van der Waals surface area contributed by atoms with Gasteiger partial charge in [-0.3, -0.25) is 4.79 Å². The highest BCUT2D eigenvalue weighted by atomic mass is 32.2. The van der Waals surface area contributed by atoms with Gasteiger partial charge in [0.25, 0.3) is 0 Å². The first kappa shape index (κ1) is 8.50. The van der Waals surface area contributed by atoms with Gasteiger partial charge in [-0.25, -0.2) is 9.97 Å². The molecule has 0 bridgehead atoms. The predicted octanol–water partition coefficient (Wildman–Crippen LogP) is 0.661. The fourth-order valence-electron chi connectivity index (χ4n) is 1.40. The Morgan fingerprint density at radius 1 is 1.46 bits per heavy atom. The summed E-state index contributed by atoms with van der Waals surface area (Å²) < 4.78 is 0. The molecule has 0 atom stereocenters. The van der Waals surface area contributed by atoms with Gasteiger partial charge in [0.2, 0.25) is 5.95 Å². The fraction of sp³-hybridized carbons (Fsp3) is 0.375. The van der Waals surface area contributed by atoms with Crippen LogP contribution in [0.15, 0.2) is 0 Å². The minimum Gasteiger partial charge on any atom is -0.368 e. The molecule has 13 heavy (non-hydrogen) atoms. The summed E-state index contributed by atoms with van der Waals surface area (Å²) in [4.78, 5) is 18.7. The number of hydrogen-bond donors (Lipinski definition) is 1. The molecular formula is C8H9N3OS. The maximum Gasteiger partial charge on any atom is 0.220 e. The molecule has 0 radical (unpaired) electrons. The lowest BCUT2D eigenvalue weighted by molar-refractivity contribution is 0.111. The van der Waals surface area contributed by atoms with Crippen molar-refractivity contribution < 1.29 is 4.79 Å². The van der Waals surface area contributed by atoms with E-state index < -0.39 is 0 Å². The molecule has 2 rings (SSSR count). The summed E-state index contributed by atoms with van der Waals surface area (Å²) >= 11 is 1.80. The molecular weight excluding hydrogens is 186 g/mol. The number of fused-ring (bicyclic) bond motifs is 1. The molecule has 0 amide bonds. The average Bonchev–Trinajstić information content (AvgIpc) is 2.16. The van der Waals surface area contributed by atoms with E-state index in [4.69, 9.17) is 5.73 Å². The number of nitrogens with two attached hydrogens (primary N) is 1. The van der Waals surface area contributed by atoms with Crippen LogP contribution in [-0.2, 0) is 12.2 Å². The summed E-state index contributed by atoms with van der Waals surface area (Å²) in [6, 6.07) is 0. The van der Waals surface area contributed by atoms with Crippen molar-refractivity contribution in [2.24, 2.45) is 0 Å². The highest BCUT2D eigenvalue weighted by Crippen LogP contribution is 2.24. The summed E-state index contributed by atoms with van der Waals surface area (Å²) in [6.45, 7) is 0. The Morgan fingerprint density at radius 3 is 3.08 bits per heavy atom. The predicted molar refractivity (Wildman–Crippen MR) is 51.7 cm³/mol. The number of aldehydes is 1. The van der Waals surface area contributed by atoms with Crippen LogP contribution in [0.5, 0.6) is 0 Å². The first-order valence-electron chi connectivity index (χ1n) is 3.99. The SMILES string of the molecule is Nc1nc(C=O)c2c(n1)CSCC2. The Kier molecular flexibility index (Phi) is 2.18. The quantitative estimate of drug-likeness (QED) is 0.667. The van der Waals surface area contributed by atoms with Gasteiger partial charge in [0, 0.05) is 11.3 Å². The van der Waals surface area contributed by atoms with Gasteiger partial charge in [-0.1, -0.05) is 0 Å². The van der Waals surface area contributed by atoms with E-state index in [0.717, 1.165) is 35.5 Å². The number of carbonyl (C=O) groups is 1. The lowest BCUT2D eigenvalue weighted by atomic mass is 10.1. The van der Waals surface area contributed by atoms with Crippen molar-refractivity contribution in [3.63, 3.8) is 0 Å². The van der Waals surface area contributed by atoms with Crippen molar-refractivity contribution in [1.82, 2.24) is 9.97 Å². The topological polar surface area (TPSA) is 68.9 Å². The van der Waals surface area contributed by atoms with Crippen LogP contribution in [0.3, 0.4) is 0 Å². The molecule has 1 aromatic rings. The third-order valence-corrected chi connectivity index (χ3v) is 2.96. The molecule has 0 unspecified atom stereocenters. The first-order chi connectivity index (χ1) is 6.31. The molecule has 1 aromatic heterocycles. The average molecular weight is 195 g/mol. The van der Waals surface area contributed by atoms with E-state index in [2.05, 4.69) is 9.97 Å². The van der Waals surface area contributed by atoms with Crippen molar-refractivity contribution in [2.45, 2.75) is 12.2 Å². The smallest absolute Gasteiger partial charge is 0.220 e. The summed E-state index contributed by atoms with van der Waals surface area (Å²) in [5.41, 5.74) is 7.83. The lowest BCUT2D eigenvalue weighted by Crippen LogP contribution is -2.12. The number of hydrogen-bond acceptors (Lipinski definition) is 5. The standard InChI is InChI=1S/C8H9N3OS/c9-8-10-6(3-12)5-1-2-13-4-7(5)11-8/h3H,1-2,4H2,(H2,9,10,11). The molecule has 2 N–H and O–H groups in total. The molecule has 0 aliphatic carbocycles. The van der Waals surface area contributed by atoms with E-state index in [-0.39, 0.29) is 5.95 Å². The van der Waals surface area contributed by atoms with E-state index in [1.807, 2.05) is 0 Å². The minimum atomic E-state index is 0.198. The maximum atomic E-state index is 10.7. The van der Waals surface area contributed by atoms with Gasteiger partial charge < -0.3 is 5.73 Å². The van der Waals surface area contributed by atoms with E-state index in [0.29, 0.717) is 5.69 Å². The van der Waals surface area contributed by atoms with Crippen LogP contribution in [-0.4, -0.2) is 22.0 Å². The van der Waals surface area contributed by atoms with E-state index in [9.17, 15) is 4.79 Å². The number of carbonyl (C=O) groups excluding carboxylic acids is 1. The molecule has 0 aromatic carbocycles. The third kappa shape index (κ3) is 1.51. The second-order valence-corrected chi connectivity index (χ2v) is 3.92. The largest absolute Gasteiger partial charge is 0.368 e. The van der Waals surface area contributed by atoms with Gasteiger partial charge in [-0.05, 0) is 12.2 Å². The number of aromatic nitrogens is 2. The molecule has 0 saturated carbocycles. The fourth-order valence-corrected chi connectivity index (χ4v) is 2.33. The number of thioether (sulfide) groups is 1. The molecule has 1 aliphatic rings. The number of rotatable bonds is 1. The van der Waals surface area contributed by atoms with Gasteiger partial charge in [-0.15, -0.1) is 0 Å². The lowest BCUT2D eigenvalue weighted by Gasteiger charge is -2.15. The van der Waals surface area contributed by atoms with Crippen LogP contribution in [0.1, 0.15) is 21.7 Å². The highest BCUT2D eigenvalue weighted by Gasteiger charge is 2.16. The molecule has 68 valence electrons. The van der Waals surface area contributed by atoms with Gasteiger partial charge in [0.1, 0.15) is 5.69 Å². The Hall–Kier alpha value is -1.10. The van der Waals surface area contributed by atoms with Crippen molar-refractivity contribution in [3.8, 4) is 0 Å². The summed E-state index contributed by atoms with van der Waals surface area (Å²) in [5, 5.41) is 0. The highest BCUT2D eigenvalue weighted by molar-refractivity contribution is 7.98. The monoisotopic (exact) mass is 195 g/mol. The normalized spacial score (nSPS) is 15.1. The molecule has 0 spiro atoms. The maximum absolute atomic E-state index is 10.7. The summed E-state index contributed by atoms with van der Waals surface area (Å²) in [5.74, 6) is 2.06. The van der Waals surface area contributed by atoms with Crippen LogP contribution in [0, 0.1) is 0 Å². The Labute approximate surface area is 79.9 Å². The minimum absolute atomic E-state index is 0.198. The van der Waals surface area contributed by atoms with Gasteiger partial charge >= 0.3 is 0 Å². The second kappa shape index (κ2) is 3.33. The van der Waals surface area contributed by atoms with Crippen LogP contribution in [0.2, 0.25) is 0 Å². The number of anilines is 1. The van der Waals surface area contributed by atoms with Crippen LogP contribution >= 0.6 is 11.8 Å². The van der Waals surface area contributed by atoms with Gasteiger partial charge in [-0.2, -0.15) is 11.8 Å². The Bertz CT molecular complexity index is 353. The van der Waals surface area contributed by atoms with Gasteiger partial charge in [0.05, 0.1) is 5.69 Å². The van der Waals surface area contributed by atoms with Crippen LogP contribution in [0.25, 0.3) is 0 Å². The summed E-state index contributed by atoms with van der Waals surface area (Å²) in [7, 11) is 0. The molecule has 2 heterocycles. The Morgan fingerprint density at radius 2 is 2.31 bits per heavy atom. The third-order valence-electron chi connectivity index (χ3n) is 1.99. The van der Waals surface area contributed by atoms with Gasteiger partial charge in [0.15, 0.2) is 6.29 Å². The zero-order valence-corrected chi connectivity index (χ0v) is 7.80. The van der Waals surface area contributed by atoms with Crippen molar-refractivity contribution in [1.29, 1.82) is 0 Å². The van der Waals surface area contributed by atoms with Crippen molar-refractivity contribution in [2.75, 3.05) is 11.5 Å². The van der Waals surface area contributed by atoms with Crippen LogP contribution in [0.4, 0.5) is 5.95 Å². The second-order valence-electron chi connectivity index (χ2n) is 2.81. The van der Waals surface area contributed by atoms with Crippen LogP contribution < -0.4 is 5.73 Å².